The minimum atomic E-state index is 0.374. The molecular weight excluding hydrogens is 236 g/mol. The molecule has 2 heterocycles. The van der Waals surface area contributed by atoms with E-state index in [1.54, 1.807) is 0 Å². The topological polar surface area (TPSA) is 23.6 Å². The van der Waals surface area contributed by atoms with Gasteiger partial charge in [-0.05, 0) is 37.0 Å². The van der Waals surface area contributed by atoms with Gasteiger partial charge in [0.1, 0.15) is 0 Å². The summed E-state index contributed by atoms with van der Waals surface area (Å²) >= 11 is 0. The molecule has 0 aromatic rings. The average Bonchev–Trinajstić information content (AvgIpc) is 2.32. The minimum absolute atomic E-state index is 0.374. The van der Waals surface area contributed by atoms with Crippen LogP contribution in [0, 0.1) is 17.8 Å². The van der Waals surface area contributed by atoms with E-state index < -0.39 is 0 Å². The number of hydrogen-bond donors (Lipinski definition) is 0. The van der Waals surface area contributed by atoms with Crippen molar-refractivity contribution in [3.8, 4) is 0 Å². The van der Waals surface area contributed by atoms with Gasteiger partial charge in [0.15, 0.2) is 0 Å². The first-order valence-corrected chi connectivity index (χ1v) is 8.04. The SMILES string of the molecule is CC(C)CC1CN(CCC(=O)N2CCC(C)CC2)C1. The molecule has 0 N–H and O–H groups in total. The Morgan fingerprint density at radius 3 is 2.42 bits per heavy atom. The van der Waals surface area contributed by atoms with Gasteiger partial charge in [-0.2, -0.15) is 0 Å². The van der Waals surface area contributed by atoms with Crippen molar-refractivity contribution in [3.05, 3.63) is 0 Å². The maximum atomic E-state index is 12.1. The van der Waals surface area contributed by atoms with E-state index in [0.717, 1.165) is 43.8 Å². The van der Waals surface area contributed by atoms with Gasteiger partial charge in [0.2, 0.25) is 5.91 Å². The van der Waals surface area contributed by atoms with Crippen LogP contribution in [0.1, 0.15) is 46.5 Å². The Kier molecular flexibility index (Phi) is 5.26. The summed E-state index contributed by atoms with van der Waals surface area (Å²) in [6.07, 6.45) is 4.44. The summed E-state index contributed by atoms with van der Waals surface area (Å²) in [6, 6.07) is 0. The van der Waals surface area contributed by atoms with Gasteiger partial charge in [-0.1, -0.05) is 20.8 Å². The third-order valence-corrected chi connectivity index (χ3v) is 4.62. The van der Waals surface area contributed by atoms with Gasteiger partial charge in [-0.25, -0.2) is 0 Å². The predicted octanol–water partition coefficient (Wildman–Crippen LogP) is 2.61. The van der Waals surface area contributed by atoms with Gasteiger partial charge >= 0.3 is 0 Å². The third-order valence-electron chi connectivity index (χ3n) is 4.62. The highest BCUT2D eigenvalue weighted by Crippen LogP contribution is 2.23. The van der Waals surface area contributed by atoms with Crippen molar-refractivity contribution in [3.63, 3.8) is 0 Å². The molecular formula is C16H30N2O. The van der Waals surface area contributed by atoms with Crippen LogP contribution >= 0.6 is 0 Å². The third kappa shape index (κ3) is 4.48. The highest BCUT2D eigenvalue weighted by atomic mass is 16.2. The Hall–Kier alpha value is -0.570. The average molecular weight is 266 g/mol. The Morgan fingerprint density at radius 2 is 1.84 bits per heavy atom. The molecule has 0 saturated carbocycles. The van der Waals surface area contributed by atoms with E-state index in [0.29, 0.717) is 5.91 Å². The first-order chi connectivity index (χ1) is 9.04. The molecule has 2 rings (SSSR count). The van der Waals surface area contributed by atoms with E-state index in [9.17, 15) is 4.79 Å². The summed E-state index contributed by atoms with van der Waals surface area (Å²) in [4.78, 5) is 16.6. The van der Waals surface area contributed by atoms with Crippen LogP contribution in [0.5, 0.6) is 0 Å². The molecule has 2 aliphatic heterocycles. The highest BCUT2D eigenvalue weighted by Gasteiger charge is 2.28. The Morgan fingerprint density at radius 1 is 1.21 bits per heavy atom. The molecule has 0 aliphatic carbocycles. The zero-order valence-corrected chi connectivity index (χ0v) is 12.9. The summed E-state index contributed by atoms with van der Waals surface area (Å²) in [5.74, 6) is 2.87. The van der Waals surface area contributed by atoms with E-state index >= 15 is 0 Å². The molecule has 0 aromatic carbocycles. The highest BCUT2D eigenvalue weighted by molar-refractivity contribution is 5.76. The van der Waals surface area contributed by atoms with Crippen LogP contribution in [0.4, 0.5) is 0 Å². The molecule has 0 bridgehead atoms. The van der Waals surface area contributed by atoms with Crippen LogP contribution in [0.25, 0.3) is 0 Å². The molecule has 19 heavy (non-hydrogen) atoms. The molecule has 2 fully saturated rings. The maximum Gasteiger partial charge on any atom is 0.223 e. The van der Waals surface area contributed by atoms with Crippen LogP contribution in [0.15, 0.2) is 0 Å². The summed E-state index contributed by atoms with van der Waals surface area (Å²) < 4.78 is 0. The molecule has 2 aliphatic rings. The van der Waals surface area contributed by atoms with E-state index in [1.165, 1.54) is 32.4 Å². The lowest BCUT2D eigenvalue weighted by atomic mass is 9.90. The molecule has 3 nitrogen and oxygen atoms in total. The molecule has 0 unspecified atom stereocenters. The largest absolute Gasteiger partial charge is 0.343 e. The van der Waals surface area contributed by atoms with Crippen LogP contribution in [0.2, 0.25) is 0 Å². The fourth-order valence-corrected chi connectivity index (χ4v) is 3.34. The van der Waals surface area contributed by atoms with Gasteiger partial charge in [-0.3, -0.25) is 4.79 Å². The number of hydrogen-bond acceptors (Lipinski definition) is 2. The standard InChI is InChI=1S/C16H30N2O/c1-13(2)10-15-11-17(12-15)7-6-16(19)18-8-4-14(3)5-9-18/h13-15H,4-12H2,1-3H3. The fourth-order valence-electron chi connectivity index (χ4n) is 3.34. The molecule has 0 atom stereocenters. The normalized spacial score (nSPS) is 22.8. The van der Waals surface area contributed by atoms with Crippen LogP contribution in [-0.2, 0) is 4.79 Å². The van der Waals surface area contributed by atoms with Gasteiger partial charge in [-0.15, -0.1) is 0 Å². The van der Waals surface area contributed by atoms with Crippen molar-refractivity contribution in [1.82, 2.24) is 9.80 Å². The van der Waals surface area contributed by atoms with Gasteiger partial charge in [0.05, 0.1) is 0 Å². The van der Waals surface area contributed by atoms with Crippen LogP contribution < -0.4 is 0 Å². The fraction of sp³-hybridized carbons (Fsp3) is 0.938. The maximum absolute atomic E-state index is 12.1. The molecule has 3 heteroatoms. The summed E-state index contributed by atoms with van der Waals surface area (Å²) in [7, 11) is 0. The second-order valence-corrected chi connectivity index (χ2v) is 7.07. The zero-order chi connectivity index (χ0) is 13.8. The monoisotopic (exact) mass is 266 g/mol. The zero-order valence-electron chi connectivity index (χ0n) is 12.9. The van der Waals surface area contributed by atoms with Crippen molar-refractivity contribution < 1.29 is 4.79 Å². The van der Waals surface area contributed by atoms with Crippen molar-refractivity contribution >= 4 is 5.91 Å². The smallest absolute Gasteiger partial charge is 0.223 e. The van der Waals surface area contributed by atoms with Crippen LogP contribution in [-0.4, -0.2) is 48.4 Å². The van der Waals surface area contributed by atoms with E-state index in [2.05, 4.69) is 30.6 Å². The molecule has 0 radical (unpaired) electrons. The first-order valence-electron chi connectivity index (χ1n) is 8.04. The summed E-state index contributed by atoms with van der Waals surface area (Å²) in [5, 5.41) is 0. The lowest BCUT2D eigenvalue weighted by Gasteiger charge is -2.40. The minimum Gasteiger partial charge on any atom is -0.343 e. The molecule has 110 valence electrons. The van der Waals surface area contributed by atoms with Gasteiger partial charge in [0.25, 0.3) is 0 Å². The predicted molar refractivity (Wildman–Crippen MR) is 79.0 cm³/mol. The van der Waals surface area contributed by atoms with Gasteiger partial charge < -0.3 is 9.80 Å². The van der Waals surface area contributed by atoms with E-state index in [1.807, 2.05) is 0 Å². The quantitative estimate of drug-likeness (QED) is 0.763. The van der Waals surface area contributed by atoms with Crippen LogP contribution in [0.3, 0.4) is 0 Å². The molecule has 0 spiro atoms. The second kappa shape index (κ2) is 6.74. The number of carbonyl (C=O) groups excluding carboxylic acids is 1. The number of rotatable bonds is 5. The van der Waals surface area contributed by atoms with Gasteiger partial charge in [0, 0.05) is 39.1 Å². The van der Waals surface area contributed by atoms with Crippen molar-refractivity contribution in [1.29, 1.82) is 0 Å². The lowest BCUT2D eigenvalue weighted by Crippen LogP contribution is -2.48. The van der Waals surface area contributed by atoms with E-state index in [-0.39, 0.29) is 0 Å². The number of nitrogens with zero attached hydrogens (tertiary/aromatic N) is 2. The Labute approximate surface area is 118 Å². The number of likely N-dealkylation sites (tertiary alicyclic amines) is 2. The summed E-state index contributed by atoms with van der Waals surface area (Å²) in [5.41, 5.74) is 0. The van der Waals surface area contributed by atoms with Crippen molar-refractivity contribution in [2.45, 2.75) is 46.5 Å². The Balaban J connectivity index is 1.58. The second-order valence-electron chi connectivity index (χ2n) is 7.07. The first kappa shape index (κ1) is 14.8. The van der Waals surface area contributed by atoms with E-state index in [4.69, 9.17) is 0 Å². The number of carbonyl (C=O) groups is 1. The van der Waals surface area contributed by atoms with Crippen molar-refractivity contribution in [2.24, 2.45) is 17.8 Å². The lowest BCUT2D eigenvalue weighted by molar-refractivity contribution is -0.133. The molecule has 2 saturated heterocycles. The summed E-state index contributed by atoms with van der Waals surface area (Å²) in [6.45, 7) is 12.2. The molecule has 0 aromatic heterocycles. The number of piperidine rings is 1. The number of amides is 1. The Bertz CT molecular complexity index is 289. The molecule has 1 amide bonds. The van der Waals surface area contributed by atoms with Crippen molar-refractivity contribution in [2.75, 3.05) is 32.7 Å².